The number of benzene rings is 1. The molecule has 0 spiro atoms. The van der Waals surface area contributed by atoms with Crippen LogP contribution in [0.15, 0.2) is 36.4 Å². The van der Waals surface area contributed by atoms with Gasteiger partial charge in [-0.25, -0.2) is 4.98 Å². The highest BCUT2D eigenvalue weighted by atomic mass is 35.5. The van der Waals surface area contributed by atoms with Gasteiger partial charge in [0.2, 0.25) is 0 Å². The quantitative estimate of drug-likeness (QED) is 0.831. The van der Waals surface area contributed by atoms with Crippen molar-refractivity contribution in [1.82, 2.24) is 4.98 Å². The number of carbonyl (C=O) groups excluding carboxylic acids is 1. The fourth-order valence-electron chi connectivity index (χ4n) is 1.42. The fraction of sp³-hybridized carbons (Fsp3) is 0. The smallest absolute Gasteiger partial charge is 0.255 e. The molecule has 2 aromatic rings. The van der Waals surface area contributed by atoms with Crippen molar-refractivity contribution >= 4 is 40.6 Å². The molecule has 2 rings (SSSR count). The van der Waals surface area contributed by atoms with Crippen LogP contribution in [0.3, 0.4) is 0 Å². The lowest BCUT2D eigenvalue weighted by Gasteiger charge is -2.06. The largest absolute Gasteiger partial charge is 0.384 e. The Kier molecular flexibility index (Phi) is 3.69. The molecule has 1 aromatic carbocycles. The first kappa shape index (κ1) is 12.7. The number of rotatable bonds is 2. The van der Waals surface area contributed by atoms with Crippen molar-refractivity contribution in [3.8, 4) is 0 Å². The van der Waals surface area contributed by atoms with Crippen molar-refractivity contribution < 1.29 is 4.79 Å². The Morgan fingerprint density at radius 2 is 2.00 bits per heavy atom. The lowest BCUT2D eigenvalue weighted by atomic mass is 10.2. The van der Waals surface area contributed by atoms with E-state index in [1.807, 2.05) is 0 Å². The van der Waals surface area contributed by atoms with E-state index in [-0.39, 0.29) is 16.9 Å². The van der Waals surface area contributed by atoms with Gasteiger partial charge in [-0.15, -0.1) is 0 Å². The van der Waals surface area contributed by atoms with Crippen LogP contribution < -0.4 is 11.1 Å². The topological polar surface area (TPSA) is 68.0 Å². The Labute approximate surface area is 114 Å². The number of pyridine rings is 1. The summed E-state index contributed by atoms with van der Waals surface area (Å²) in [6.45, 7) is 0. The third-order valence-corrected chi connectivity index (χ3v) is 2.59. The number of halogens is 2. The Bertz CT molecular complexity index is 581. The molecule has 1 heterocycles. The molecule has 1 amide bonds. The fourth-order valence-corrected chi connectivity index (χ4v) is 1.83. The van der Waals surface area contributed by atoms with Crippen LogP contribution in [-0.4, -0.2) is 10.9 Å². The van der Waals surface area contributed by atoms with Crippen molar-refractivity contribution in [2.75, 3.05) is 11.1 Å². The Morgan fingerprint density at radius 3 is 2.67 bits per heavy atom. The molecule has 0 aliphatic carbocycles. The van der Waals surface area contributed by atoms with Crippen LogP contribution in [0, 0.1) is 0 Å². The molecule has 0 bridgehead atoms. The number of hydrogen-bond donors (Lipinski definition) is 2. The van der Waals surface area contributed by atoms with Crippen molar-refractivity contribution in [3.05, 3.63) is 52.1 Å². The van der Waals surface area contributed by atoms with E-state index in [0.717, 1.165) is 0 Å². The molecule has 1 aromatic heterocycles. The molecular weight excluding hydrogens is 273 g/mol. The molecule has 0 aliphatic heterocycles. The molecule has 4 nitrogen and oxygen atoms in total. The van der Waals surface area contributed by atoms with E-state index in [2.05, 4.69) is 10.3 Å². The van der Waals surface area contributed by atoms with Crippen molar-refractivity contribution in [3.63, 3.8) is 0 Å². The van der Waals surface area contributed by atoms with Gasteiger partial charge >= 0.3 is 0 Å². The van der Waals surface area contributed by atoms with E-state index in [1.165, 1.54) is 12.1 Å². The number of nitrogens with two attached hydrogens (primary N) is 1. The summed E-state index contributed by atoms with van der Waals surface area (Å²) in [4.78, 5) is 15.7. The van der Waals surface area contributed by atoms with Crippen LogP contribution in [-0.2, 0) is 0 Å². The molecular formula is C12H9Cl2N3O. The van der Waals surface area contributed by atoms with Crippen LogP contribution >= 0.6 is 23.2 Å². The van der Waals surface area contributed by atoms with E-state index < -0.39 is 0 Å². The first-order valence-electron chi connectivity index (χ1n) is 5.04. The van der Waals surface area contributed by atoms with Crippen LogP contribution in [0.1, 0.15) is 10.4 Å². The molecule has 0 aliphatic rings. The third-order valence-electron chi connectivity index (χ3n) is 2.16. The van der Waals surface area contributed by atoms with Gasteiger partial charge in [0.25, 0.3) is 5.91 Å². The van der Waals surface area contributed by atoms with E-state index in [0.29, 0.717) is 16.3 Å². The second kappa shape index (κ2) is 5.25. The molecule has 0 atom stereocenters. The normalized spacial score (nSPS) is 10.1. The molecule has 92 valence electrons. The summed E-state index contributed by atoms with van der Waals surface area (Å²) >= 11 is 11.6. The molecule has 0 unspecified atom stereocenters. The van der Waals surface area contributed by atoms with Gasteiger partial charge in [-0.3, -0.25) is 4.79 Å². The SMILES string of the molecule is Nc1cc(NC(=O)c2cccc(Cl)c2)cc(Cl)n1. The highest BCUT2D eigenvalue weighted by Gasteiger charge is 2.07. The molecule has 3 N–H and O–H groups in total. The second-order valence-corrected chi connectivity index (χ2v) is 4.39. The van der Waals surface area contributed by atoms with E-state index >= 15 is 0 Å². The molecule has 0 saturated heterocycles. The second-order valence-electron chi connectivity index (χ2n) is 3.57. The number of amides is 1. The first-order valence-corrected chi connectivity index (χ1v) is 5.80. The van der Waals surface area contributed by atoms with Crippen molar-refractivity contribution in [2.45, 2.75) is 0 Å². The molecule has 0 fully saturated rings. The summed E-state index contributed by atoms with van der Waals surface area (Å²) in [5.74, 6) is -0.0527. The number of nitrogen functional groups attached to an aromatic ring is 1. The maximum atomic E-state index is 11.9. The Hall–Kier alpha value is -1.78. The van der Waals surface area contributed by atoms with Crippen LogP contribution in [0.5, 0.6) is 0 Å². The highest BCUT2D eigenvalue weighted by Crippen LogP contribution is 2.18. The van der Waals surface area contributed by atoms with Crippen LogP contribution in [0.2, 0.25) is 10.2 Å². The highest BCUT2D eigenvalue weighted by molar-refractivity contribution is 6.31. The van der Waals surface area contributed by atoms with Crippen molar-refractivity contribution in [1.29, 1.82) is 0 Å². The van der Waals surface area contributed by atoms with Crippen LogP contribution in [0.4, 0.5) is 11.5 Å². The zero-order chi connectivity index (χ0) is 13.1. The summed E-state index contributed by atoms with van der Waals surface area (Å²) in [6.07, 6.45) is 0. The zero-order valence-corrected chi connectivity index (χ0v) is 10.7. The predicted octanol–water partition coefficient (Wildman–Crippen LogP) is 3.22. The van der Waals surface area contributed by atoms with Crippen LogP contribution in [0.25, 0.3) is 0 Å². The van der Waals surface area contributed by atoms with Gasteiger partial charge in [0.1, 0.15) is 11.0 Å². The number of aromatic nitrogens is 1. The number of hydrogen-bond acceptors (Lipinski definition) is 3. The van der Waals surface area contributed by atoms with Gasteiger partial charge in [0, 0.05) is 22.3 Å². The molecule has 0 radical (unpaired) electrons. The first-order chi connectivity index (χ1) is 8.54. The average Bonchev–Trinajstić information content (AvgIpc) is 2.27. The van der Waals surface area contributed by atoms with Gasteiger partial charge in [0.15, 0.2) is 0 Å². The summed E-state index contributed by atoms with van der Waals surface area (Å²) in [5, 5.41) is 3.38. The van der Waals surface area contributed by atoms with Crippen molar-refractivity contribution in [2.24, 2.45) is 0 Å². The van der Waals surface area contributed by atoms with E-state index in [4.69, 9.17) is 28.9 Å². The maximum Gasteiger partial charge on any atom is 0.255 e. The van der Waals surface area contributed by atoms with Gasteiger partial charge in [-0.05, 0) is 24.3 Å². The third kappa shape index (κ3) is 3.12. The van der Waals surface area contributed by atoms with Gasteiger partial charge in [0.05, 0.1) is 0 Å². The minimum absolute atomic E-state index is 0.219. The molecule has 0 saturated carbocycles. The molecule has 6 heteroatoms. The number of nitrogens with one attached hydrogen (secondary N) is 1. The van der Waals surface area contributed by atoms with E-state index in [1.54, 1.807) is 24.3 Å². The number of anilines is 2. The zero-order valence-electron chi connectivity index (χ0n) is 9.15. The summed E-state index contributed by atoms with van der Waals surface area (Å²) in [7, 11) is 0. The number of carbonyl (C=O) groups is 1. The lowest BCUT2D eigenvalue weighted by molar-refractivity contribution is 0.102. The number of nitrogens with zero attached hydrogens (tertiary/aromatic N) is 1. The molecule has 18 heavy (non-hydrogen) atoms. The Morgan fingerprint density at radius 1 is 1.22 bits per heavy atom. The maximum absolute atomic E-state index is 11.9. The van der Waals surface area contributed by atoms with Gasteiger partial charge in [-0.1, -0.05) is 29.3 Å². The summed E-state index contributed by atoms with van der Waals surface area (Å²) < 4.78 is 0. The minimum Gasteiger partial charge on any atom is -0.384 e. The van der Waals surface area contributed by atoms with Gasteiger partial charge < -0.3 is 11.1 Å². The average molecular weight is 282 g/mol. The summed E-state index contributed by atoms with van der Waals surface area (Å²) in [5.41, 5.74) is 6.47. The minimum atomic E-state index is -0.292. The van der Waals surface area contributed by atoms with Gasteiger partial charge in [-0.2, -0.15) is 0 Å². The standard InChI is InChI=1S/C12H9Cl2N3O/c13-8-3-1-2-7(4-8)12(18)16-9-5-10(14)17-11(15)6-9/h1-6H,(H3,15,16,17,18). The van der Waals surface area contributed by atoms with E-state index in [9.17, 15) is 4.79 Å². The Balaban J connectivity index is 2.21. The lowest BCUT2D eigenvalue weighted by Crippen LogP contribution is -2.12. The summed E-state index contributed by atoms with van der Waals surface area (Å²) in [6, 6.07) is 9.66. The monoisotopic (exact) mass is 281 g/mol. The predicted molar refractivity (Wildman–Crippen MR) is 73.1 cm³/mol.